The second kappa shape index (κ2) is 5.85. The molecule has 1 atom stereocenters. The molecule has 5 nitrogen and oxygen atoms in total. The van der Waals surface area contributed by atoms with E-state index in [-0.39, 0.29) is 5.60 Å². The molecule has 1 fully saturated rings. The summed E-state index contributed by atoms with van der Waals surface area (Å²) < 4.78 is 19.1. The Hall–Kier alpha value is -1.53. The van der Waals surface area contributed by atoms with Gasteiger partial charge in [-0.1, -0.05) is 6.07 Å². The van der Waals surface area contributed by atoms with E-state index in [2.05, 4.69) is 11.8 Å². The second-order valence-electron chi connectivity index (χ2n) is 5.51. The van der Waals surface area contributed by atoms with Crippen molar-refractivity contribution in [3.63, 3.8) is 0 Å². The van der Waals surface area contributed by atoms with Crippen LogP contribution < -0.4 is 0 Å². The van der Waals surface area contributed by atoms with E-state index < -0.39 is 16.4 Å². The molecule has 0 spiro atoms. The number of halogens is 1. The molecule has 1 aliphatic rings. The first-order chi connectivity index (χ1) is 9.43. The van der Waals surface area contributed by atoms with Gasteiger partial charge in [-0.25, -0.2) is 0 Å². The van der Waals surface area contributed by atoms with Crippen LogP contribution in [-0.2, 0) is 11.3 Å². The number of methoxy groups -OCH3 is 1. The van der Waals surface area contributed by atoms with Crippen LogP contribution in [0.3, 0.4) is 0 Å². The number of nitro benzene ring substituents is 1. The number of hydrogen-bond donors (Lipinski definition) is 0. The second-order valence-corrected chi connectivity index (χ2v) is 5.51. The van der Waals surface area contributed by atoms with Crippen LogP contribution in [0.2, 0.25) is 0 Å². The van der Waals surface area contributed by atoms with Gasteiger partial charge in [-0.05, 0) is 37.9 Å². The number of likely N-dealkylation sites (tertiary alicyclic amines) is 1. The molecule has 0 bridgehead atoms. The maximum Gasteiger partial charge on any atom is 0.304 e. The largest absolute Gasteiger partial charge is 0.377 e. The van der Waals surface area contributed by atoms with Gasteiger partial charge in [0.25, 0.3) is 0 Å². The third kappa shape index (κ3) is 3.32. The van der Waals surface area contributed by atoms with Crippen LogP contribution in [0.5, 0.6) is 0 Å². The molecule has 0 aliphatic carbocycles. The van der Waals surface area contributed by atoms with Crippen molar-refractivity contribution in [1.82, 2.24) is 4.90 Å². The monoisotopic (exact) mass is 282 g/mol. The lowest BCUT2D eigenvalue weighted by Crippen LogP contribution is -2.46. The van der Waals surface area contributed by atoms with E-state index >= 15 is 0 Å². The standard InChI is InChI=1S/C14H19FN2O3/c1-14(20-2)6-3-7-16(10-14)9-11-4-5-13(17(18)19)12(15)8-11/h4-5,8H,3,6-7,9-10H2,1-2H3. The maximum absolute atomic E-state index is 13.6. The average molecular weight is 282 g/mol. The highest BCUT2D eigenvalue weighted by molar-refractivity contribution is 5.35. The van der Waals surface area contributed by atoms with E-state index in [4.69, 9.17) is 4.74 Å². The molecule has 0 radical (unpaired) electrons. The lowest BCUT2D eigenvalue weighted by atomic mass is 9.94. The van der Waals surface area contributed by atoms with E-state index in [1.54, 1.807) is 13.2 Å². The van der Waals surface area contributed by atoms with Gasteiger partial charge in [0.05, 0.1) is 10.5 Å². The van der Waals surface area contributed by atoms with Crippen LogP contribution >= 0.6 is 0 Å². The van der Waals surface area contributed by atoms with Gasteiger partial charge in [-0.15, -0.1) is 0 Å². The molecule has 110 valence electrons. The highest BCUT2D eigenvalue weighted by Crippen LogP contribution is 2.26. The van der Waals surface area contributed by atoms with Gasteiger partial charge in [-0.2, -0.15) is 4.39 Å². The zero-order valence-electron chi connectivity index (χ0n) is 11.8. The molecule has 1 aromatic rings. The minimum Gasteiger partial charge on any atom is -0.377 e. The summed E-state index contributed by atoms with van der Waals surface area (Å²) in [7, 11) is 1.70. The minimum absolute atomic E-state index is 0.169. The van der Waals surface area contributed by atoms with E-state index in [1.165, 1.54) is 12.1 Å². The van der Waals surface area contributed by atoms with Crippen molar-refractivity contribution in [3.8, 4) is 0 Å². The van der Waals surface area contributed by atoms with Gasteiger partial charge in [0.15, 0.2) is 0 Å². The number of ether oxygens (including phenoxy) is 1. The third-order valence-corrected chi connectivity index (χ3v) is 3.85. The summed E-state index contributed by atoms with van der Waals surface area (Å²) >= 11 is 0. The van der Waals surface area contributed by atoms with Crippen LogP contribution in [0.15, 0.2) is 18.2 Å². The first-order valence-electron chi connectivity index (χ1n) is 6.64. The smallest absolute Gasteiger partial charge is 0.304 e. The fraction of sp³-hybridized carbons (Fsp3) is 0.571. The van der Waals surface area contributed by atoms with Crippen molar-refractivity contribution in [2.24, 2.45) is 0 Å². The molecule has 0 saturated carbocycles. The van der Waals surface area contributed by atoms with Gasteiger partial charge in [0.1, 0.15) is 0 Å². The van der Waals surface area contributed by atoms with Crippen LogP contribution in [0.1, 0.15) is 25.3 Å². The number of piperidine rings is 1. The Morgan fingerprint density at radius 2 is 2.30 bits per heavy atom. The molecule has 1 aromatic carbocycles. The first kappa shape index (κ1) is 14.9. The van der Waals surface area contributed by atoms with Gasteiger partial charge in [0, 0.05) is 26.3 Å². The van der Waals surface area contributed by atoms with Crippen molar-refractivity contribution in [1.29, 1.82) is 0 Å². The van der Waals surface area contributed by atoms with Gasteiger partial charge in [-0.3, -0.25) is 15.0 Å². The van der Waals surface area contributed by atoms with E-state index in [0.717, 1.165) is 31.5 Å². The maximum atomic E-state index is 13.6. The summed E-state index contributed by atoms with van der Waals surface area (Å²) in [4.78, 5) is 12.1. The molecule has 2 rings (SSSR count). The molecular weight excluding hydrogens is 263 g/mol. The molecule has 1 heterocycles. The summed E-state index contributed by atoms with van der Waals surface area (Å²) in [5, 5.41) is 10.6. The summed E-state index contributed by atoms with van der Waals surface area (Å²) in [6.07, 6.45) is 2.04. The average Bonchev–Trinajstić information content (AvgIpc) is 2.38. The molecule has 6 heteroatoms. The normalized spacial score (nSPS) is 23.8. The molecule has 1 saturated heterocycles. The number of nitro groups is 1. The zero-order valence-corrected chi connectivity index (χ0v) is 11.8. The molecule has 1 aliphatic heterocycles. The highest BCUT2D eigenvalue weighted by Gasteiger charge is 2.30. The van der Waals surface area contributed by atoms with Crippen LogP contribution in [0, 0.1) is 15.9 Å². The number of hydrogen-bond acceptors (Lipinski definition) is 4. The molecule has 0 amide bonds. The van der Waals surface area contributed by atoms with Crippen molar-refractivity contribution < 1.29 is 14.1 Å². The van der Waals surface area contributed by atoms with Crippen molar-refractivity contribution in [3.05, 3.63) is 39.7 Å². The van der Waals surface area contributed by atoms with E-state index in [0.29, 0.717) is 6.54 Å². The summed E-state index contributed by atoms with van der Waals surface area (Å²) in [5.41, 5.74) is 0.0972. The quantitative estimate of drug-likeness (QED) is 0.629. The Kier molecular flexibility index (Phi) is 4.35. The minimum atomic E-state index is -0.779. The fourth-order valence-electron chi connectivity index (χ4n) is 2.66. The molecule has 1 unspecified atom stereocenters. The number of rotatable bonds is 4. The highest BCUT2D eigenvalue weighted by atomic mass is 19.1. The number of benzene rings is 1. The lowest BCUT2D eigenvalue weighted by molar-refractivity contribution is -0.387. The first-order valence-corrected chi connectivity index (χ1v) is 6.64. The predicted octanol–water partition coefficient (Wildman–Crippen LogP) is 2.73. The molecule has 0 aromatic heterocycles. The van der Waals surface area contributed by atoms with Crippen LogP contribution in [-0.4, -0.2) is 35.6 Å². The summed E-state index contributed by atoms with van der Waals surface area (Å²) in [6, 6.07) is 4.08. The SMILES string of the molecule is COC1(C)CCCN(Cc2ccc([N+](=O)[O-])c(F)c2)C1. The molecule has 0 N–H and O–H groups in total. The Bertz CT molecular complexity index is 509. The molecule has 20 heavy (non-hydrogen) atoms. The van der Waals surface area contributed by atoms with Gasteiger partial charge >= 0.3 is 5.69 Å². The number of nitrogens with zero attached hydrogens (tertiary/aromatic N) is 2. The fourth-order valence-corrected chi connectivity index (χ4v) is 2.66. The summed E-state index contributed by atoms with van der Waals surface area (Å²) in [6.45, 7) is 4.35. The van der Waals surface area contributed by atoms with Gasteiger partial charge < -0.3 is 4.74 Å². The van der Waals surface area contributed by atoms with Crippen molar-refractivity contribution in [2.45, 2.75) is 31.9 Å². The lowest BCUT2D eigenvalue weighted by Gasteiger charge is -2.39. The topological polar surface area (TPSA) is 55.6 Å². The van der Waals surface area contributed by atoms with Crippen molar-refractivity contribution >= 4 is 5.69 Å². The third-order valence-electron chi connectivity index (χ3n) is 3.85. The van der Waals surface area contributed by atoms with Crippen molar-refractivity contribution in [2.75, 3.05) is 20.2 Å². The Morgan fingerprint density at radius 1 is 1.55 bits per heavy atom. The summed E-state index contributed by atoms with van der Waals surface area (Å²) in [5.74, 6) is -0.779. The predicted molar refractivity (Wildman–Crippen MR) is 73.0 cm³/mol. The van der Waals surface area contributed by atoms with Gasteiger partial charge in [0.2, 0.25) is 5.82 Å². The van der Waals surface area contributed by atoms with Crippen LogP contribution in [0.25, 0.3) is 0 Å². The van der Waals surface area contributed by atoms with E-state index in [1.807, 2.05) is 0 Å². The zero-order chi connectivity index (χ0) is 14.8. The van der Waals surface area contributed by atoms with E-state index in [9.17, 15) is 14.5 Å². The Morgan fingerprint density at radius 3 is 2.90 bits per heavy atom. The Balaban J connectivity index is 2.07. The Labute approximate surface area is 117 Å². The van der Waals surface area contributed by atoms with Crippen LogP contribution in [0.4, 0.5) is 10.1 Å². The molecular formula is C14H19FN2O3.